The minimum Gasteiger partial charge on any atom is -0.493 e. The van der Waals surface area contributed by atoms with Crippen LogP contribution in [0.2, 0.25) is 5.02 Å². The Morgan fingerprint density at radius 1 is 1.10 bits per heavy atom. The second-order valence-electron chi connectivity index (χ2n) is 6.71. The van der Waals surface area contributed by atoms with Crippen molar-refractivity contribution in [3.05, 3.63) is 52.5 Å². The van der Waals surface area contributed by atoms with Gasteiger partial charge >= 0.3 is 0 Å². The van der Waals surface area contributed by atoms with E-state index in [2.05, 4.69) is 9.62 Å². The lowest BCUT2D eigenvalue weighted by atomic mass is 9.98. The van der Waals surface area contributed by atoms with E-state index in [0.717, 1.165) is 44.0 Å². The summed E-state index contributed by atoms with van der Waals surface area (Å²) in [5, 5.41) is 0.405. The van der Waals surface area contributed by atoms with E-state index >= 15 is 0 Å². The quantitative estimate of drug-likeness (QED) is 0.610. The number of hydrogen-bond acceptors (Lipinski definition) is 5. The smallest absolute Gasteiger partial charge is 0.240 e. The summed E-state index contributed by atoms with van der Waals surface area (Å²) >= 11 is 5.88. The zero-order chi connectivity index (χ0) is 20.1. The number of nitrogens with zero attached hydrogens (tertiary/aromatic N) is 1. The van der Waals surface area contributed by atoms with Gasteiger partial charge in [-0.25, -0.2) is 13.1 Å². The fourth-order valence-electron chi connectivity index (χ4n) is 3.36. The molecule has 2 aromatic carbocycles. The van der Waals surface area contributed by atoms with E-state index in [1.165, 1.54) is 23.3 Å². The minimum atomic E-state index is -3.53. The van der Waals surface area contributed by atoms with Crippen molar-refractivity contribution in [2.24, 2.45) is 0 Å². The van der Waals surface area contributed by atoms with Crippen molar-refractivity contribution in [2.45, 2.75) is 24.3 Å². The molecule has 6 nitrogen and oxygen atoms in total. The Morgan fingerprint density at radius 2 is 1.79 bits per heavy atom. The molecule has 0 atom stereocenters. The van der Waals surface area contributed by atoms with E-state index < -0.39 is 10.0 Å². The molecule has 1 aliphatic heterocycles. The number of halogens is 2. The third-order valence-corrected chi connectivity index (χ3v) is 6.54. The lowest BCUT2D eigenvalue weighted by molar-refractivity contribution is 0.250. The lowest BCUT2D eigenvalue weighted by Gasteiger charge is -2.29. The fraction of sp³-hybridized carbons (Fsp3) is 0.400. The summed E-state index contributed by atoms with van der Waals surface area (Å²) in [6, 6.07) is 10.3. The first-order valence-electron chi connectivity index (χ1n) is 9.14. The van der Waals surface area contributed by atoms with E-state index in [4.69, 9.17) is 21.1 Å². The summed E-state index contributed by atoms with van der Waals surface area (Å²) in [5.41, 5.74) is 2.50. The average Bonchev–Trinajstić information content (AvgIpc) is 2.70. The Kier molecular flexibility index (Phi) is 8.60. The molecule has 3 rings (SSSR count). The second-order valence-corrected chi connectivity index (χ2v) is 8.91. The molecule has 1 N–H and O–H groups in total. The summed E-state index contributed by atoms with van der Waals surface area (Å²) < 4.78 is 38.1. The van der Waals surface area contributed by atoms with Crippen molar-refractivity contribution < 1.29 is 17.9 Å². The van der Waals surface area contributed by atoms with Crippen LogP contribution in [0.3, 0.4) is 0 Å². The Labute approximate surface area is 183 Å². The van der Waals surface area contributed by atoms with Gasteiger partial charge in [0.1, 0.15) is 0 Å². The predicted octanol–water partition coefficient (Wildman–Crippen LogP) is 3.51. The zero-order valence-corrected chi connectivity index (χ0v) is 18.9. The normalized spacial score (nSPS) is 14.0. The van der Waals surface area contributed by atoms with Gasteiger partial charge in [0, 0.05) is 24.7 Å². The van der Waals surface area contributed by atoms with E-state index in [-0.39, 0.29) is 17.3 Å². The van der Waals surface area contributed by atoms with Crippen molar-refractivity contribution >= 4 is 34.0 Å². The van der Waals surface area contributed by atoms with Gasteiger partial charge in [-0.1, -0.05) is 17.7 Å². The first kappa shape index (κ1) is 23.8. The third kappa shape index (κ3) is 5.99. The fourth-order valence-corrected chi connectivity index (χ4v) is 4.73. The van der Waals surface area contributed by atoms with Crippen molar-refractivity contribution in [1.82, 2.24) is 9.62 Å². The maximum Gasteiger partial charge on any atom is 0.240 e. The molecule has 0 unspecified atom stereocenters. The molecule has 0 saturated heterocycles. The molecule has 9 heteroatoms. The van der Waals surface area contributed by atoms with Crippen LogP contribution < -0.4 is 14.2 Å². The number of fused-ring (bicyclic) bond motifs is 1. The molecule has 1 heterocycles. The number of sulfonamides is 1. The van der Waals surface area contributed by atoms with Gasteiger partial charge in [-0.3, -0.25) is 4.90 Å². The molecule has 160 valence electrons. The molecular formula is C20H26Cl2N2O4S. The van der Waals surface area contributed by atoms with E-state index in [1.807, 2.05) is 12.1 Å². The zero-order valence-electron chi connectivity index (χ0n) is 16.5. The van der Waals surface area contributed by atoms with E-state index in [0.29, 0.717) is 11.6 Å². The summed E-state index contributed by atoms with van der Waals surface area (Å²) in [6.45, 7) is 2.94. The largest absolute Gasteiger partial charge is 0.493 e. The van der Waals surface area contributed by atoms with Gasteiger partial charge in [-0.05, 0) is 60.8 Å². The highest BCUT2D eigenvalue weighted by atomic mass is 35.5. The SMILES string of the molecule is COc1cc2c(cc1OC)CN(CCCNS(=O)(=O)c1cccc(Cl)c1)CC2.Cl. The topological polar surface area (TPSA) is 67.9 Å². The molecular weight excluding hydrogens is 435 g/mol. The molecule has 0 saturated carbocycles. The van der Waals surface area contributed by atoms with E-state index in [9.17, 15) is 8.42 Å². The molecule has 0 bridgehead atoms. The first-order chi connectivity index (χ1) is 13.4. The predicted molar refractivity (Wildman–Crippen MR) is 117 cm³/mol. The van der Waals surface area contributed by atoms with Gasteiger partial charge in [0.15, 0.2) is 11.5 Å². The molecule has 2 aromatic rings. The summed E-state index contributed by atoms with van der Waals surface area (Å²) in [6.07, 6.45) is 1.66. The maximum absolute atomic E-state index is 12.3. The van der Waals surface area contributed by atoms with Crippen molar-refractivity contribution in [3.8, 4) is 11.5 Å². The van der Waals surface area contributed by atoms with Crippen LogP contribution in [0.5, 0.6) is 11.5 Å². The summed E-state index contributed by atoms with van der Waals surface area (Å²) in [5.74, 6) is 1.49. The average molecular weight is 461 g/mol. The van der Waals surface area contributed by atoms with Gasteiger partial charge in [-0.15, -0.1) is 12.4 Å². The molecule has 0 aromatic heterocycles. The lowest BCUT2D eigenvalue weighted by Crippen LogP contribution is -2.33. The van der Waals surface area contributed by atoms with Crippen LogP contribution in [0.15, 0.2) is 41.3 Å². The standard InChI is InChI=1S/C20H25ClN2O4S.ClH/c1-26-19-11-15-7-10-23(14-16(15)12-20(19)27-2)9-4-8-22-28(24,25)18-6-3-5-17(21)13-18;/h3,5-6,11-13,22H,4,7-10,14H2,1-2H3;1H. The molecule has 1 aliphatic rings. The van der Waals surface area contributed by atoms with E-state index in [1.54, 1.807) is 26.4 Å². The monoisotopic (exact) mass is 460 g/mol. The number of benzene rings is 2. The first-order valence-corrected chi connectivity index (χ1v) is 11.0. The highest BCUT2D eigenvalue weighted by molar-refractivity contribution is 7.89. The van der Waals surface area contributed by atoms with Gasteiger partial charge in [0.25, 0.3) is 0 Å². The van der Waals surface area contributed by atoms with Crippen molar-refractivity contribution in [1.29, 1.82) is 0 Å². The maximum atomic E-state index is 12.3. The second kappa shape index (κ2) is 10.5. The van der Waals surface area contributed by atoms with Gasteiger partial charge in [0.2, 0.25) is 10.0 Å². The van der Waals surface area contributed by atoms with Crippen LogP contribution in [0, 0.1) is 0 Å². The number of nitrogens with one attached hydrogen (secondary N) is 1. The highest BCUT2D eigenvalue weighted by Gasteiger charge is 2.19. The molecule has 0 fully saturated rings. The number of methoxy groups -OCH3 is 2. The Bertz CT molecular complexity index is 938. The molecule has 0 aliphatic carbocycles. The molecule has 0 amide bonds. The molecule has 29 heavy (non-hydrogen) atoms. The summed E-state index contributed by atoms with van der Waals surface area (Å²) in [7, 11) is -0.256. The molecule has 0 radical (unpaired) electrons. The van der Waals surface area contributed by atoms with Crippen LogP contribution in [-0.2, 0) is 23.0 Å². The van der Waals surface area contributed by atoms with Crippen molar-refractivity contribution in [2.75, 3.05) is 33.9 Å². The van der Waals surface area contributed by atoms with Gasteiger partial charge < -0.3 is 9.47 Å². The number of hydrogen-bond donors (Lipinski definition) is 1. The van der Waals surface area contributed by atoms with Crippen molar-refractivity contribution in [3.63, 3.8) is 0 Å². The minimum absolute atomic E-state index is 0. The molecule has 0 spiro atoms. The van der Waals surface area contributed by atoms with Crippen LogP contribution in [-0.4, -0.2) is 47.2 Å². The number of rotatable bonds is 8. The van der Waals surface area contributed by atoms with Crippen LogP contribution in [0.4, 0.5) is 0 Å². The van der Waals surface area contributed by atoms with Gasteiger partial charge in [0.05, 0.1) is 19.1 Å². The Balaban J connectivity index is 0.00000300. The summed E-state index contributed by atoms with van der Waals surface area (Å²) in [4.78, 5) is 2.51. The van der Waals surface area contributed by atoms with Crippen LogP contribution in [0.1, 0.15) is 17.5 Å². The Hall–Kier alpha value is -1.51. The van der Waals surface area contributed by atoms with Crippen LogP contribution >= 0.6 is 24.0 Å². The Morgan fingerprint density at radius 3 is 2.45 bits per heavy atom. The van der Waals surface area contributed by atoms with Gasteiger partial charge in [-0.2, -0.15) is 0 Å². The highest BCUT2D eigenvalue weighted by Crippen LogP contribution is 2.33. The van der Waals surface area contributed by atoms with Crippen LogP contribution in [0.25, 0.3) is 0 Å². The number of ether oxygens (including phenoxy) is 2. The third-order valence-electron chi connectivity index (χ3n) is 4.85.